The van der Waals surface area contributed by atoms with Crippen molar-refractivity contribution in [1.29, 1.82) is 0 Å². The van der Waals surface area contributed by atoms with Gasteiger partial charge in [0.05, 0.1) is 21.9 Å². The first-order valence-corrected chi connectivity index (χ1v) is 10.1. The summed E-state index contributed by atoms with van der Waals surface area (Å²) in [6.45, 7) is 3.84. The van der Waals surface area contributed by atoms with Gasteiger partial charge < -0.3 is 4.74 Å². The minimum atomic E-state index is -0.973. The third kappa shape index (κ3) is 3.64. The largest absolute Gasteiger partial charge is 0.451 e. The highest BCUT2D eigenvalue weighted by Crippen LogP contribution is 2.37. The van der Waals surface area contributed by atoms with Crippen molar-refractivity contribution in [2.24, 2.45) is 5.92 Å². The number of nitrogens with zero attached hydrogens (tertiary/aromatic N) is 1. The number of ether oxygens (including phenoxy) is 1. The lowest BCUT2D eigenvalue weighted by Gasteiger charge is -2.20. The Bertz CT molecular complexity index is 725. The average molecular weight is 364 g/mol. The van der Waals surface area contributed by atoms with E-state index in [2.05, 4.69) is 11.9 Å². The fourth-order valence-electron chi connectivity index (χ4n) is 2.93. The van der Waals surface area contributed by atoms with Crippen molar-refractivity contribution in [3.63, 3.8) is 0 Å². The van der Waals surface area contributed by atoms with Crippen LogP contribution in [0.15, 0.2) is 28.6 Å². The zero-order valence-corrected chi connectivity index (χ0v) is 15.5. The number of hydrogen-bond donors (Lipinski definition) is 0. The van der Waals surface area contributed by atoms with Gasteiger partial charge in [-0.25, -0.2) is 4.98 Å². The predicted molar refractivity (Wildman–Crippen MR) is 97.5 cm³/mol. The number of fused-ring (bicyclic) bond motifs is 1. The maximum atomic E-state index is 12.6. The molecule has 0 radical (unpaired) electrons. The van der Waals surface area contributed by atoms with Crippen LogP contribution in [0.25, 0.3) is 10.2 Å². The van der Waals surface area contributed by atoms with Crippen molar-refractivity contribution in [2.45, 2.75) is 49.5 Å². The summed E-state index contributed by atoms with van der Waals surface area (Å²) in [5.41, 5.74) is -0.0188. The molecule has 0 saturated carbocycles. The van der Waals surface area contributed by atoms with Gasteiger partial charge >= 0.3 is 5.97 Å². The molecule has 4 nitrogen and oxygen atoms in total. The molecule has 3 rings (SSSR count). The number of esters is 1. The second-order valence-electron chi connectivity index (χ2n) is 6.35. The molecule has 1 aromatic heterocycles. The van der Waals surface area contributed by atoms with Gasteiger partial charge in [-0.3, -0.25) is 9.59 Å². The van der Waals surface area contributed by atoms with Crippen molar-refractivity contribution >= 4 is 45.1 Å². The topological polar surface area (TPSA) is 56.3 Å². The highest BCUT2D eigenvalue weighted by atomic mass is 32.2. The van der Waals surface area contributed by atoms with Crippen molar-refractivity contribution in [1.82, 2.24) is 4.98 Å². The second kappa shape index (κ2) is 7.23. The van der Waals surface area contributed by atoms with E-state index in [-0.39, 0.29) is 23.4 Å². The van der Waals surface area contributed by atoms with E-state index >= 15 is 0 Å². The van der Waals surface area contributed by atoms with Crippen LogP contribution in [0.1, 0.15) is 39.5 Å². The van der Waals surface area contributed by atoms with Crippen LogP contribution in [0.2, 0.25) is 0 Å². The molecule has 0 N–H and O–H groups in total. The molecule has 24 heavy (non-hydrogen) atoms. The number of unbranched alkanes of at least 4 members (excludes halogenated alkanes) is 1. The third-order valence-electron chi connectivity index (χ3n) is 4.39. The molecular formula is C18H21NO3S2. The molecule has 2 heterocycles. The molecular weight excluding hydrogens is 342 g/mol. The zero-order valence-electron chi connectivity index (χ0n) is 13.9. The number of para-hydroxylation sites is 1. The lowest BCUT2D eigenvalue weighted by molar-refractivity contribution is -0.156. The third-order valence-corrected chi connectivity index (χ3v) is 6.57. The maximum Gasteiger partial charge on any atom is 0.310 e. The molecule has 6 heteroatoms. The number of aromatic nitrogens is 1. The van der Waals surface area contributed by atoms with E-state index in [1.54, 1.807) is 18.3 Å². The monoisotopic (exact) mass is 363 g/mol. The lowest BCUT2D eigenvalue weighted by Crippen LogP contribution is -2.36. The van der Waals surface area contributed by atoms with E-state index in [0.717, 1.165) is 33.8 Å². The Morgan fingerprint density at radius 1 is 1.46 bits per heavy atom. The zero-order chi connectivity index (χ0) is 17.2. The number of hydrogen-bond acceptors (Lipinski definition) is 6. The molecule has 0 aliphatic carbocycles. The number of Topliss-reactive ketones (excluding diaryl/α,β-unsaturated/α-hetero) is 1. The number of thiazole rings is 1. The van der Waals surface area contributed by atoms with Gasteiger partial charge in [-0.1, -0.05) is 43.7 Å². The molecule has 1 fully saturated rings. The molecule has 128 valence electrons. The molecule has 1 aromatic carbocycles. The van der Waals surface area contributed by atoms with Crippen LogP contribution in [-0.4, -0.2) is 28.1 Å². The van der Waals surface area contributed by atoms with Gasteiger partial charge in [0.1, 0.15) is 0 Å². The van der Waals surface area contributed by atoms with E-state index in [1.165, 1.54) is 11.8 Å². The first kappa shape index (κ1) is 17.4. The van der Waals surface area contributed by atoms with Crippen molar-refractivity contribution in [2.75, 3.05) is 5.75 Å². The Morgan fingerprint density at radius 2 is 2.25 bits per heavy atom. The van der Waals surface area contributed by atoms with Gasteiger partial charge in [-0.05, 0) is 25.5 Å². The van der Waals surface area contributed by atoms with E-state index in [4.69, 9.17) is 4.74 Å². The maximum absolute atomic E-state index is 12.6. The van der Waals surface area contributed by atoms with Crippen LogP contribution >= 0.6 is 23.1 Å². The fourth-order valence-corrected chi connectivity index (χ4v) is 5.04. The minimum Gasteiger partial charge on any atom is -0.451 e. The lowest BCUT2D eigenvalue weighted by atomic mass is 9.90. The van der Waals surface area contributed by atoms with Crippen LogP contribution < -0.4 is 0 Å². The molecule has 0 unspecified atom stereocenters. The summed E-state index contributed by atoms with van der Waals surface area (Å²) in [6, 6.07) is 7.93. The SMILES string of the molecule is CCCC[C@@H]1C[C@](C)(C(=O)CSc2nc3ccccc3s2)OC1=O. The Kier molecular flexibility index (Phi) is 5.25. The highest BCUT2D eigenvalue weighted by molar-refractivity contribution is 8.01. The standard InChI is InChI=1S/C18H21NO3S2/c1-3-4-7-12-10-18(2,22-16(12)21)15(20)11-23-17-19-13-8-5-6-9-14(13)24-17/h5-6,8-9,12H,3-4,7,10-11H2,1-2H3/t12-,18-/m1/s1. The Balaban J connectivity index is 1.61. The molecule has 0 bridgehead atoms. The first-order chi connectivity index (χ1) is 11.5. The predicted octanol–water partition coefficient (Wildman–Crippen LogP) is 4.47. The van der Waals surface area contributed by atoms with E-state index < -0.39 is 5.60 Å². The van der Waals surface area contributed by atoms with Crippen molar-refractivity contribution in [3.05, 3.63) is 24.3 Å². The van der Waals surface area contributed by atoms with Crippen LogP contribution in [0.4, 0.5) is 0 Å². The second-order valence-corrected chi connectivity index (χ2v) is 8.61. The number of ketones is 1. The van der Waals surface area contributed by atoms with E-state index in [1.807, 2.05) is 24.3 Å². The van der Waals surface area contributed by atoms with Gasteiger partial charge in [0.25, 0.3) is 0 Å². The summed E-state index contributed by atoms with van der Waals surface area (Å²) in [4.78, 5) is 29.1. The summed E-state index contributed by atoms with van der Waals surface area (Å²) in [5.74, 6) is -0.0980. The van der Waals surface area contributed by atoms with Gasteiger partial charge in [-0.15, -0.1) is 11.3 Å². The summed E-state index contributed by atoms with van der Waals surface area (Å²) in [6.07, 6.45) is 3.35. The van der Waals surface area contributed by atoms with Crippen molar-refractivity contribution in [3.8, 4) is 0 Å². The van der Waals surface area contributed by atoms with E-state index in [9.17, 15) is 9.59 Å². The molecule has 2 atom stereocenters. The molecule has 0 spiro atoms. The van der Waals surface area contributed by atoms with Gasteiger partial charge in [0.15, 0.2) is 15.7 Å². The van der Waals surface area contributed by atoms with Crippen LogP contribution in [-0.2, 0) is 14.3 Å². The van der Waals surface area contributed by atoms with Crippen LogP contribution in [0.3, 0.4) is 0 Å². The normalized spacial score (nSPS) is 23.6. The summed E-state index contributed by atoms with van der Waals surface area (Å²) in [5, 5.41) is 0. The molecule has 1 aliphatic heterocycles. The van der Waals surface area contributed by atoms with Crippen LogP contribution in [0.5, 0.6) is 0 Å². The Hall–Kier alpha value is -1.40. The van der Waals surface area contributed by atoms with E-state index in [0.29, 0.717) is 6.42 Å². The summed E-state index contributed by atoms with van der Waals surface area (Å²) in [7, 11) is 0. The number of carbonyl (C=O) groups excluding carboxylic acids is 2. The summed E-state index contributed by atoms with van der Waals surface area (Å²) < 4.78 is 7.44. The highest BCUT2D eigenvalue weighted by Gasteiger charge is 2.47. The molecule has 1 saturated heterocycles. The number of carbonyl (C=O) groups is 2. The van der Waals surface area contributed by atoms with Gasteiger partial charge in [0.2, 0.25) is 0 Å². The molecule has 0 amide bonds. The van der Waals surface area contributed by atoms with Gasteiger partial charge in [-0.2, -0.15) is 0 Å². The van der Waals surface area contributed by atoms with Crippen LogP contribution in [0, 0.1) is 5.92 Å². The number of cyclic esters (lactones) is 1. The molecule has 2 aromatic rings. The Morgan fingerprint density at radius 3 is 3.00 bits per heavy atom. The number of rotatable bonds is 7. The fraction of sp³-hybridized carbons (Fsp3) is 0.500. The van der Waals surface area contributed by atoms with Gasteiger partial charge in [0, 0.05) is 6.42 Å². The van der Waals surface area contributed by atoms with Crippen molar-refractivity contribution < 1.29 is 14.3 Å². The summed E-state index contributed by atoms with van der Waals surface area (Å²) >= 11 is 3.01. The Labute approximate surface area is 150 Å². The number of thioether (sulfide) groups is 1. The first-order valence-electron chi connectivity index (χ1n) is 8.26. The molecule has 1 aliphatic rings. The average Bonchev–Trinajstić information content (AvgIpc) is 3.11. The number of benzene rings is 1. The minimum absolute atomic E-state index is 0.0286. The smallest absolute Gasteiger partial charge is 0.310 e. The quantitative estimate of drug-likeness (QED) is 0.537.